The van der Waals surface area contributed by atoms with Crippen LogP contribution in [0.15, 0.2) is 48.5 Å². The van der Waals surface area contributed by atoms with E-state index in [9.17, 15) is 9.59 Å². The maximum atomic E-state index is 12.3. The quantitative estimate of drug-likeness (QED) is 0.446. The summed E-state index contributed by atoms with van der Waals surface area (Å²) in [5.74, 6) is -0.0407. The molecule has 0 aromatic heterocycles. The molecule has 0 aliphatic rings. The van der Waals surface area contributed by atoms with Crippen molar-refractivity contribution in [3.8, 4) is 11.5 Å². The van der Waals surface area contributed by atoms with Gasteiger partial charge in [0.15, 0.2) is 5.78 Å². The van der Waals surface area contributed by atoms with Crippen molar-refractivity contribution in [1.82, 2.24) is 0 Å². The zero-order valence-corrected chi connectivity index (χ0v) is 13.1. The average Bonchev–Trinajstić information content (AvgIpc) is 2.60. The third kappa shape index (κ3) is 4.57. The Hall–Kier alpha value is -2.82. The minimum Gasteiger partial charge on any atom is -0.497 e. The molecule has 2 rings (SSSR count). The molecule has 0 heterocycles. The van der Waals surface area contributed by atoms with Gasteiger partial charge >= 0.3 is 5.97 Å². The van der Waals surface area contributed by atoms with Crippen LogP contribution in [0, 0.1) is 0 Å². The molecule has 0 unspecified atom stereocenters. The largest absolute Gasteiger partial charge is 0.497 e. The van der Waals surface area contributed by atoms with Crippen LogP contribution in [-0.4, -0.2) is 26.0 Å². The van der Waals surface area contributed by atoms with Crippen molar-refractivity contribution >= 4 is 11.8 Å². The minimum atomic E-state index is -0.580. The Balaban J connectivity index is 1.99. The molecule has 120 valence electrons. The van der Waals surface area contributed by atoms with Gasteiger partial charge in [-0.1, -0.05) is 30.3 Å². The van der Waals surface area contributed by atoms with Crippen LogP contribution in [0.3, 0.4) is 0 Å². The number of carbonyl (C=O) groups excluding carboxylic acids is 2. The van der Waals surface area contributed by atoms with E-state index in [0.29, 0.717) is 17.1 Å². The molecule has 0 spiro atoms. The standard InChI is InChI=1S/C18H18O5/c1-21-14-8-9-17(22-2)15(10-14)16(19)11-18(20)23-12-13-6-4-3-5-7-13/h3-10H,11-12H2,1-2H3. The Kier molecular flexibility index (Phi) is 5.74. The van der Waals surface area contributed by atoms with Crippen molar-refractivity contribution in [3.05, 3.63) is 59.7 Å². The lowest BCUT2D eigenvalue weighted by Gasteiger charge is -2.09. The number of ketones is 1. The van der Waals surface area contributed by atoms with Gasteiger partial charge in [0.2, 0.25) is 0 Å². The van der Waals surface area contributed by atoms with Crippen molar-refractivity contribution in [2.45, 2.75) is 13.0 Å². The summed E-state index contributed by atoms with van der Waals surface area (Å²) < 4.78 is 15.4. The predicted molar refractivity (Wildman–Crippen MR) is 84.7 cm³/mol. The average molecular weight is 314 g/mol. The number of carbonyl (C=O) groups is 2. The first-order valence-corrected chi connectivity index (χ1v) is 7.09. The van der Waals surface area contributed by atoms with Crippen molar-refractivity contribution in [3.63, 3.8) is 0 Å². The molecule has 0 fully saturated rings. The topological polar surface area (TPSA) is 61.8 Å². The second-order valence-electron chi connectivity index (χ2n) is 4.81. The Morgan fingerprint density at radius 2 is 1.70 bits per heavy atom. The summed E-state index contributed by atoms with van der Waals surface area (Å²) in [6.45, 7) is 0.141. The maximum Gasteiger partial charge on any atom is 0.314 e. The molecular formula is C18H18O5. The van der Waals surface area contributed by atoms with Crippen molar-refractivity contribution in [2.75, 3.05) is 14.2 Å². The number of benzene rings is 2. The summed E-state index contributed by atoms with van der Waals surface area (Å²) in [6.07, 6.45) is -0.351. The van der Waals surface area contributed by atoms with Gasteiger partial charge in [-0.15, -0.1) is 0 Å². The van der Waals surface area contributed by atoms with Crippen LogP contribution >= 0.6 is 0 Å². The summed E-state index contributed by atoms with van der Waals surface area (Å²) in [4.78, 5) is 24.1. The van der Waals surface area contributed by atoms with E-state index >= 15 is 0 Å². The summed E-state index contributed by atoms with van der Waals surface area (Å²) >= 11 is 0. The number of Topliss-reactive ketones (excluding diaryl/α,β-unsaturated/α-hetero) is 1. The fraction of sp³-hybridized carbons (Fsp3) is 0.222. The number of hydrogen-bond donors (Lipinski definition) is 0. The molecular weight excluding hydrogens is 296 g/mol. The van der Waals surface area contributed by atoms with Gasteiger partial charge in [0.1, 0.15) is 24.5 Å². The Morgan fingerprint density at radius 3 is 2.35 bits per heavy atom. The Labute approximate surface area is 134 Å². The van der Waals surface area contributed by atoms with E-state index in [0.717, 1.165) is 5.56 Å². The number of ether oxygens (including phenoxy) is 3. The van der Waals surface area contributed by atoms with Crippen LogP contribution in [0.1, 0.15) is 22.3 Å². The van der Waals surface area contributed by atoms with Crippen LogP contribution in [-0.2, 0) is 16.1 Å². The van der Waals surface area contributed by atoms with E-state index in [4.69, 9.17) is 14.2 Å². The molecule has 23 heavy (non-hydrogen) atoms. The van der Waals surface area contributed by atoms with Crippen LogP contribution in [0.25, 0.3) is 0 Å². The van der Waals surface area contributed by atoms with Crippen LogP contribution in [0.2, 0.25) is 0 Å². The molecule has 0 saturated carbocycles. The van der Waals surface area contributed by atoms with E-state index in [1.807, 2.05) is 30.3 Å². The molecule has 5 nitrogen and oxygen atoms in total. The number of esters is 1. The highest BCUT2D eigenvalue weighted by atomic mass is 16.5. The first-order valence-electron chi connectivity index (χ1n) is 7.09. The summed E-state index contributed by atoms with van der Waals surface area (Å²) in [5, 5.41) is 0. The number of rotatable bonds is 7. The van der Waals surface area contributed by atoms with E-state index < -0.39 is 5.97 Å². The first kappa shape index (κ1) is 16.5. The maximum absolute atomic E-state index is 12.3. The van der Waals surface area contributed by atoms with E-state index in [1.165, 1.54) is 14.2 Å². The summed E-state index contributed by atoms with van der Waals surface area (Å²) in [5.41, 5.74) is 1.16. The Morgan fingerprint density at radius 1 is 0.957 bits per heavy atom. The molecule has 0 saturated heterocycles. The second kappa shape index (κ2) is 7.98. The molecule has 2 aromatic rings. The molecule has 2 aromatic carbocycles. The summed E-state index contributed by atoms with van der Waals surface area (Å²) in [7, 11) is 2.97. The highest BCUT2D eigenvalue weighted by molar-refractivity contribution is 6.07. The van der Waals surface area contributed by atoms with Gasteiger partial charge in [-0.05, 0) is 23.8 Å². The Bertz CT molecular complexity index is 679. The molecule has 0 radical (unpaired) electrons. The second-order valence-corrected chi connectivity index (χ2v) is 4.81. The van der Waals surface area contributed by atoms with Gasteiger partial charge in [-0.25, -0.2) is 0 Å². The highest BCUT2D eigenvalue weighted by Crippen LogP contribution is 2.25. The van der Waals surface area contributed by atoms with Gasteiger partial charge in [0.25, 0.3) is 0 Å². The van der Waals surface area contributed by atoms with Gasteiger partial charge in [-0.2, -0.15) is 0 Å². The van der Waals surface area contributed by atoms with Crippen LogP contribution < -0.4 is 9.47 Å². The van der Waals surface area contributed by atoms with Gasteiger partial charge in [0, 0.05) is 0 Å². The van der Waals surface area contributed by atoms with Crippen LogP contribution in [0.4, 0.5) is 0 Å². The van der Waals surface area contributed by atoms with E-state index in [2.05, 4.69) is 0 Å². The highest BCUT2D eigenvalue weighted by Gasteiger charge is 2.18. The monoisotopic (exact) mass is 314 g/mol. The fourth-order valence-electron chi connectivity index (χ4n) is 2.05. The fourth-order valence-corrected chi connectivity index (χ4v) is 2.05. The molecule has 0 aliphatic heterocycles. The summed E-state index contributed by atoms with van der Waals surface area (Å²) in [6, 6.07) is 14.1. The first-order chi connectivity index (χ1) is 11.1. The van der Waals surface area contributed by atoms with Crippen molar-refractivity contribution in [2.24, 2.45) is 0 Å². The lowest BCUT2D eigenvalue weighted by Crippen LogP contribution is -2.12. The molecule has 0 atom stereocenters. The van der Waals surface area contributed by atoms with E-state index in [1.54, 1.807) is 18.2 Å². The van der Waals surface area contributed by atoms with E-state index in [-0.39, 0.29) is 18.8 Å². The van der Waals surface area contributed by atoms with Gasteiger partial charge in [-0.3, -0.25) is 9.59 Å². The third-order valence-corrected chi connectivity index (χ3v) is 3.25. The van der Waals surface area contributed by atoms with Crippen LogP contribution in [0.5, 0.6) is 11.5 Å². The van der Waals surface area contributed by atoms with Gasteiger partial charge < -0.3 is 14.2 Å². The molecule has 0 N–H and O–H groups in total. The number of hydrogen-bond acceptors (Lipinski definition) is 5. The van der Waals surface area contributed by atoms with Crippen molar-refractivity contribution in [1.29, 1.82) is 0 Å². The van der Waals surface area contributed by atoms with Crippen molar-refractivity contribution < 1.29 is 23.8 Å². The molecule has 0 aliphatic carbocycles. The van der Waals surface area contributed by atoms with Gasteiger partial charge in [0.05, 0.1) is 19.8 Å². The zero-order valence-electron chi connectivity index (χ0n) is 13.1. The molecule has 5 heteroatoms. The smallest absolute Gasteiger partial charge is 0.314 e. The SMILES string of the molecule is COc1ccc(OC)c(C(=O)CC(=O)OCc2ccccc2)c1. The number of methoxy groups -OCH3 is 2. The lowest BCUT2D eigenvalue weighted by atomic mass is 10.1. The lowest BCUT2D eigenvalue weighted by molar-refractivity contribution is -0.143. The molecule has 0 bridgehead atoms. The predicted octanol–water partition coefficient (Wildman–Crippen LogP) is 3.02. The third-order valence-electron chi connectivity index (χ3n) is 3.25. The minimum absolute atomic E-state index is 0.141. The zero-order chi connectivity index (χ0) is 16.7. The normalized spacial score (nSPS) is 10.0. The molecule has 0 amide bonds.